The molecule has 2 N–H and O–H groups in total. The number of carbonyl (C=O) groups excluding carboxylic acids is 1. The topological polar surface area (TPSA) is 75.6 Å². The molecule has 1 aromatic rings. The van der Waals surface area contributed by atoms with Gasteiger partial charge in [0, 0.05) is 19.2 Å². The number of amides is 1. The highest BCUT2D eigenvalue weighted by Gasteiger charge is 2.17. The van der Waals surface area contributed by atoms with E-state index in [4.69, 9.17) is 9.84 Å². The first-order valence-corrected chi connectivity index (χ1v) is 5.52. The number of carboxylic acids is 1. The van der Waals surface area contributed by atoms with Gasteiger partial charge >= 0.3 is 5.97 Å². The molecule has 0 heterocycles. The Hall–Kier alpha value is -1.88. The molecule has 0 spiro atoms. The van der Waals surface area contributed by atoms with Gasteiger partial charge in [-0.3, -0.25) is 4.79 Å². The summed E-state index contributed by atoms with van der Waals surface area (Å²) in [5, 5.41) is 11.5. The Bertz CT molecular complexity index is 437. The molecule has 5 nitrogen and oxygen atoms in total. The number of methoxy groups -OCH3 is 1. The van der Waals surface area contributed by atoms with E-state index < -0.39 is 11.6 Å². The van der Waals surface area contributed by atoms with Gasteiger partial charge in [0.25, 0.3) is 5.91 Å². The second-order valence-electron chi connectivity index (χ2n) is 4.53. The molecule has 0 saturated carbocycles. The molecule has 0 aromatic heterocycles. The number of carbonyl (C=O) groups is 2. The van der Waals surface area contributed by atoms with Gasteiger partial charge in [-0.1, -0.05) is 0 Å². The van der Waals surface area contributed by atoms with Crippen molar-refractivity contribution in [3.05, 3.63) is 35.4 Å². The number of carboxylic acid groups (broad SMARTS) is 1. The lowest BCUT2D eigenvalue weighted by Crippen LogP contribution is -2.39. The van der Waals surface area contributed by atoms with Gasteiger partial charge < -0.3 is 15.2 Å². The Labute approximate surface area is 106 Å². The van der Waals surface area contributed by atoms with E-state index in [2.05, 4.69) is 5.32 Å². The van der Waals surface area contributed by atoms with Crippen LogP contribution in [0.5, 0.6) is 0 Å². The zero-order valence-corrected chi connectivity index (χ0v) is 10.7. The van der Waals surface area contributed by atoms with Crippen LogP contribution in [-0.4, -0.2) is 36.2 Å². The van der Waals surface area contributed by atoms with Gasteiger partial charge in [-0.05, 0) is 38.1 Å². The first-order valence-electron chi connectivity index (χ1n) is 5.52. The summed E-state index contributed by atoms with van der Waals surface area (Å²) in [5.74, 6) is -1.26. The van der Waals surface area contributed by atoms with Gasteiger partial charge in [-0.2, -0.15) is 0 Å². The first kappa shape index (κ1) is 14.2. The van der Waals surface area contributed by atoms with Crippen LogP contribution < -0.4 is 5.32 Å². The van der Waals surface area contributed by atoms with Gasteiger partial charge in [0.2, 0.25) is 0 Å². The molecule has 0 bridgehead atoms. The number of hydrogen-bond acceptors (Lipinski definition) is 3. The molecule has 0 aliphatic heterocycles. The predicted octanol–water partition coefficient (Wildman–Crippen LogP) is 1.54. The third kappa shape index (κ3) is 3.85. The SMILES string of the molecule is COC(C)(C)CNC(=O)c1ccc(C(=O)O)cc1. The quantitative estimate of drug-likeness (QED) is 0.832. The summed E-state index contributed by atoms with van der Waals surface area (Å²) < 4.78 is 5.18. The van der Waals surface area contributed by atoms with Crippen LogP contribution in [0.2, 0.25) is 0 Å². The zero-order valence-electron chi connectivity index (χ0n) is 10.7. The number of nitrogens with one attached hydrogen (secondary N) is 1. The Kier molecular flexibility index (Phi) is 4.44. The van der Waals surface area contributed by atoms with Crippen LogP contribution in [0.15, 0.2) is 24.3 Å². The molecule has 0 saturated heterocycles. The minimum Gasteiger partial charge on any atom is -0.478 e. The Morgan fingerprint density at radius 1 is 1.22 bits per heavy atom. The van der Waals surface area contributed by atoms with Crippen LogP contribution in [0.3, 0.4) is 0 Å². The summed E-state index contributed by atoms with van der Waals surface area (Å²) in [4.78, 5) is 22.4. The number of rotatable bonds is 5. The minimum atomic E-state index is -1.01. The van der Waals surface area contributed by atoms with Gasteiger partial charge in [-0.15, -0.1) is 0 Å². The number of benzene rings is 1. The van der Waals surface area contributed by atoms with Crippen molar-refractivity contribution in [2.24, 2.45) is 0 Å². The van der Waals surface area contributed by atoms with E-state index in [0.717, 1.165) is 0 Å². The van der Waals surface area contributed by atoms with Gasteiger partial charge in [0.05, 0.1) is 11.2 Å². The van der Waals surface area contributed by atoms with Crippen molar-refractivity contribution in [2.75, 3.05) is 13.7 Å². The lowest BCUT2D eigenvalue weighted by Gasteiger charge is -2.23. The maximum absolute atomic E-state index is 11.8. The van der Waals surface area contributed by atoms with Crippen LogP contribution in [0.25, 0.3) is 0 Å². The summed E-state index contributed by atoms with van der Waals surface area (Å²) in [5.41, 5.74) is 0.145. The minimum absolute atomic E-state index is 0.156. The van der Waals surface area contributed by atoms with E-state index in [-0.39, 0.29) is 11.5 Å². The normalized spacial score (nSPS) is 11.1. The summed E-state index contributed by atoms with van der Waals surface area (Å²) in [6.07, 6.45) is 0. The van der Waals surface area contributed by atoms with Crippen molar-refractivity contribution < 1.29 is 19.4 Å². The molecule has 0 radical (unpaired) electrons. The molecule has 1 rings (SSSR count). The highest BCUT2D eigenvalue weighted by atomic mass is 16.5. The monoisotopic (exact) mass is 251 g/mol. The number of ether oxygens (including phenoxy) is 1. The molecule has 98 valence electrons. The lowest BCUT2D eigenvalue weighted by molar-refractivity contribution is 0.0229. The third-order valence-corrected chi connectivity index (χ3v) is 2.62. The molecule has 0 unspecified atom stereocenters. The third-order valence-electron chi connectivity index (χ3n) is 2.62. The summed E-state index contributed by atoms with van der Waals surface area (Å²) in [6.45, 7) is 4.10. The standard InChI is InChI=1S/C13H17NO4/c1-13(2,18-3)8-14-11(15)9-4-6-10(7-5-9)12(16)17/h4-7H,8H2,1-3H3,(H,14,15)(H,16,17). The van der Waals surface area contributed by atoms with Gasteiger partial charge in [0.15, 0.2) is 0 Å². The first-order chi connectivity index (χ1) is 8.35. The van der Waals surface area contributed by atoms with Crippen LogP contribution >= 0.6 is 0 Å². The maximum Gasteiger partial charge on any atom is 0.335 e. The predicted molar refractivity (Wildman–Crippen MR) is 66.8 cm³/mol. The van der Waals surface area contributed by atoms with E-state index in [0.29, 0.717) is 12.1 Å². The summed E-state index contributed by atoms with van der Waals surface area (Å²) in [6, 6.07) is 5.77. The van der Waals surface area contributed by atoms with Gasteiger partial charge in [-0.25, -0.2) is 4.79 Å². The van der Waals surface area contributed by atoms with Crippen molar-refractivity contribution in [1.82, 2.24) is 5.32 Å². The average molecular weight is 251 g/mol. The van der Waals surface area contributed by atoms with Crippen molar-refractivity contribution in [2.45, 2.75) is 19.4 Å². The largest absolute Gasteiger partial charge is 0.478 e. The fourth-order valence-electron chi connectivity index (χ4n) is 1.23. The molecule has 0 aliphatic rings. The molecule has 0 fully saturated rings. The molecule has 5 heteroatoms. The Balaban J connectivity index is 2.65. The Morgan fingerprint density at radius 3 is 2.17 bits per heavy atom. The van der Waals surface area contributed by atoms with Crippen molar-refractivity contribution >= 4 is 11.9 Å². The number of aromatic carboxylic acids is 1. The zero-order chi connectivity index (χ0) is 13.8. The van der Waals surface area contributed by atoms with E-state index in [1.807, 2.05) is 13.8 Å². The molecule has 1 amide bonds. The average Bonchev–Trinajstić information content (AvgIpc) is 2.36. The van der Waals surface area contributed by atoms with E-state index in [1.54, 1.807) is 7.11 Å². The smallest absolute Gasteiger partial charge is 0.335 e. The molecular formula is C13H17NO4. The fourth-order valence-corrected chi connectivity index (χ4v) is 1.23. The van der Waals surface area contributed by atoms with Crippen LogP contribution in [0.1, 0.15) is 34.6 Å². The highest BCUT2D eigenvalue weighted by molar-refractivity contribution is 5.95. The lowest BCUT2D eigenvalue weighted by atomic mass is 10.1. The highest BCUT2D eigenvalue weighted by Crippen LogP contribution is 2.07. The van der Waals surface area contributed by atoms with Crippen LogP contribution in [0, 0.1) is 0 Å². The number of hydrogen-bond donors (Lipinski definition) is 2. The second-order valence-corrected chi connectivity index (χ2v) is 4.53. The molecule has 0 aliphatic carbocycles. The summed E-state index contributed by atoms with van der Waals surface area (Å²) in [7, 11) is 1.58. The van der Waals surface area contributed by atoms with Crippen molar-refractivity contribution in [1.29, 1.82) is 0 Å². The van der Waals surface area contributed by atoms with Crippen LogP contribution in [-0.2, 0) is 4.74 Å². The van der Waals surface area contributed by atoms with E-state index in [1.165, 1.54) is 24.3 Å². The molecule has 18 heavy (non-hydrogen) atoms. The maximum atomic E-state index is 11.8. The molecule has 1 aromatic carbocycles. The molecular weight excluding hydrogens is 234 g/mol. The van der Waals surface area contributed by atoms with Crippen molar-refractivity contribution in [3.63, 3.8) is 0 Å². The van der Waals surface area contributed by atoms with E-state index >= 15 is 0 Å². The van der Waals surface area contributed by atoms with Gasteiger partial charge in [0.1, 0.15) is 0 Å². The fraction of sp³-hybridized carbons (Fsp3) is 0.385. The van der Waals surface area contributed by atoms with Crippen molar-refractivity contribution in [3.8, 4) is 0 Å². The summed E-state index contributed by atoms with van der Waals surface area (Å²) >= 11 is 0. The van der Waals surface area contributed by atoms with Crippen LogP contribution in [0.4, 0.5) is 0 Å². The van der Waals surface area contributed by atoms with E-state index in [9.17, 15) is 9.59 Å². The Morgan fingerprint density at radius 2 is 1.72 bits per heavy atom. The molecule has 0 atom stereocenters. The second kappa shape index (κ2) is 5.64.